The van der Waals surface area contributed by atoms with Crippen LogP contribution in [0.25, 0.3) is 33.3 Å². The number of nitrogens with zero attached hydrogens (tertiary/aromatic N) is 1. The lowest BCUT2D eigenvalue weighted by Crippen LogP contribution is -2.46. The van der Waals surface area contributed by atoms with Gasteiger partial charge in [-0.3, -0.25) is 19.2 Å². The molecule has 300 valence electrons. The molecule has 0 saturated carbocycles. The van der Waals surface area contributed by atoms with Crippen molar-refractivity contribution in [2.24, 2.45) is 17.8 Å². The SMILES string of the molecule is CO[C@H]1/C=C/O[C@@]2(C)Oc3c(C)c(O)c4c(=O)c(c5oc6cc(Br)ccc6nc-5c4c3C2=O)NC(=O)/C(C)=C\C=C\[C@H](C)[C@@H]2O[C@H]([C@H](O)[C@@H]2C)[C@H](OC(C)=O)[C@@H]1C. The molecule has 1 amide bonds. The van der Waals surface area contributed by atoms with Gasteiger partial charge in [-0.15, -0.1) is 0 Å². The monoisotopic (exact) mass is 846 g/mol. The molecule has 8 rings (SSSR count). The molecular weight excluding hydrogens is 804 g/mol. The molecule has 2 aromatic carbocycles. The Balaban J connectivity index is 1.44. The van der Waals surface area contributed by atoms with Gasteiger partial charge in [0.25, 0.3) is 11.7 Å². The van der Waals surface area contributed by atoms with Gasteiger partial charge < -0.3 is 43.6 Å². The lowest BCUT2D eigenvalue weighted by atomic mass is 9.86. The zero-order chi connectivity index (χ0) is 41.2. The van der Waals surface area contributed by atoms with E-state index in [2.05, 4.69) is 21.2 Å². The molecule has 1 fully saturated rings. The molecule has 14 nitrogen and oxygen atoms in total. The van der Waals surface area contributed by atoms with E-state index in [-0.39, 0.29) is 67.8 Å². The number of carbonyl (C=O) groups is 3. The van der Waals surface area contributed by atoms with Gasteiger partial charge >= 0.3 is 11.8 Å². The van der Waals surface area contributed by atoms with Crippen LogP contribution in [0.15, 0.2) is 68.0 Å². The van der Waals surface area contributed by atoms with Gasteiger partial charge in [0.2, 0.25) is 5.43 Å². The van der Waals surface area contributed by atoms with E-state index in [1.54, 1.807) is 44.2 Å². The number of ketones is 1. The summed E-state index contributed by atoms with van der Waals surface area (Å²) in [7, 11) is 1.45. The van der Waals surface area contributed by atoms with E-state index in [0.29, 0.717) is 9.99 Å². The summed E-state index contributed by atoms with van der Waals surface area (Å²) in [4.78, 5) is 60.0. The number of fused-ring (bicyclic) bond motifs is 9. The van der Waals surface area contributed by atoms with Gasteiger partial charge in [-0.25, -0.2) is 4.98 Å². The Hall–Kier alpha value is -5.09. The quantitative estimate of drug-likeness (QED) is 0.113. The summed E-state index contributed by atoms with van der Waals surface area (Å²) in [5.74, 6) is -5.81. The number of aromatic hydroxyl groups is 1. The maximum Gasteiger partial charge on any atom is 0.312 e. The minimum atomic E-state index is -2.00. The molecule has 3 N–H and O–H groups in total. The van der Waals surface area contributed by atoms with Crippen LogP contribution in [0.5, 0.6) is 11.5 Å². The number of methoxy groups -OCH3 is 1. The minimum Gasteiger partial charge on any atom is -0.507 e. The Kier molecular flexibility index (Phi) is 10.6. The number of benzene rings is 3. The molecule has 5 aliphatic heterocycles. The number of carbonyl (C=O) groups excluding carboxylic acids is 3. The van der Waals surface area contributed by atoms with Gasteiger partial charge in [0.1, 0.15) is 40.6 Å². The van der Waals surface area contributed by atoms with E-state index in [0.717, 1.165) is 0 Å². The molecule has 9 atom stereocenters. The fourth-order valence-corrected chi connectivity index (χ4v) is 8.29. The summed E-state index contributed by atoms with van der Waals surface area (Å²) in [5.41, 5.74) is -0.233. The molecule has 0 spiro atoms. The second-order valence-electron chi connectivity index (χ2n) is 15.1. The first kappa shape index (κ1) is 40.1. The number of phenols is 1. The van der Waals surface area contributed by atoms with Crippen LogP contribution in [-0.4, -0.2) is 76.3 Å². The van der Waals surface area contributed by atoms with Gasteiger partial charge in [0.05, 0.1) is 35.5 Å². The third-order valence-corrected chi connectivity index (χ3v) is 11.7. The summed E-state index contributed by atoms with van der Waals surface area (Å²) in [6, 6.07) is 5.07. The molecule has 1 aliphatic carbocycles. The Bertz CT molecular complexity index is 2460. The summed E-state index contributed by atoms with van der Waals surface area (Å²) in [6.45, 7) is 11.2. The first-order valence-electron chi connectivity index (χ1n) is 18.5. The average Bonchev–Trinajstić information content (AvgIpc) is 3.61. The Labute approximate surface area is 335 Å². The first-order chi connectivity index (χ1) is 27.0. The van der Waals surface area contributed by atoms with Crippen LogP contribution >= 0.6 is 15.9 Å². The summed E-state index contributed by atoms with van der Waals surface area (Å²) >= 11 is 3.43. The molecular formula is C42H43BrN2O12. The number of allylic oxidation sites excluding steroid dienone is 2. The van der Waals surface area contributed by atoms with Gasteiger partial charge in [0, 0.05) is 59.7 Å². The third-order valence-electron chi connectivity index (χ3n) is 11.2. The normalized spacial score (nSPS) is 31.3. The number of anilines is 1. The molecule has 0 unspecified atom stereocenters. The number of Topliss-reactive ketones (excluding diaryl/α,β-unsaturated/α-hetero) is 1. The predicted octanol–water partition coefficient (Wildman–Crippen LogP) is 6.48. The number of esters is 1. The number of aliphatic hydroxyl groups is 1. The van der Waals surface area contributed by atoms with Gasteiger partial charge in [-0.1, -0.05) is 54.9 Å². The van der Waals surface area contributed by atoms with Crippen molar-refractivity contribution in [3.8, 4) is 23.0 Å². The van der Waals surface area contributed by atoms with Crippen molar-refractivity contribution in [1.82, 2.24) is 4.98 Å². The number of phenolic OH excluding ortho intramolecular Hbond substituents is 1. The zero-order valence-electron chi connectivity index (χ0n) is 32.5. The van der Waals surface area contributed by atoms with Crippen molar-refractivity contribution >= 4 is 61.1 Å². The van der Waals surface area contributed by atoms with Crippen LogP contribution in [-0.2, 0) is 28.5 Å². The van der Waals surface area contributed by atoms with E-state index in [9.17, 15) is 29.4 Å². The van der Waals surface area contributed by atoms with E-state index < -0.39 is 71.1 Å². The topological polar surface area (TPSA) is 193 Å². The van der Waals surface area contributed by atoms with Crippen LogP contribution < -0.4 is 15.5 Å². The molecule has 7 bridgehead atoms. The van der Waals surface area contributed by atoms with Crippen molar-refractivity contribution in [2.45, 2.75) is 84.8 Å². The number of aromatic nitrogens is 1. The molecule has 0 aromatic heterocycles. The van der Waals surface area contributed by atoms with Crippen molar-refractivity contribution in [3.05, 3.63) is 80.2 Å². The minimum absolute atomic E-state index is 0.0166. The van der Waals surface area contributed by atoms with Crippen LogP contribution in [0.1, 0.15) is 57.5 Å². The second-order valence-corrected chi connectivity index (χ2v) is 16.0. The molecule has 2 aromatic rings. The second kappa shape index (κ2) is 15.0. The van der Waals surface area contributed by atoms with Crippen molar-refractivity contribution < 1.29 is 52.7 Å². The smallest absolute Gasteiger partial charge is 0.312 e. The molecule has 15 heteroatoms. The highest BCUT2D eigenvalue weighted by Gasteiger charge is 2.51. The number of rotatable bonds is 2. The average molecular weight is 848 g/mol. The van der Waals surface area contributed by atoms with Gasteiger partial charge in [0.15, 0.2) is 11.3 Å². The number of aliphatic hydroxyl groups excluding tert-OH is 1. The highest BCUT2D eigenvalue weighted by molar-refractivity contribution is 9.10. The number of ether oxygens (including phenoxy) is 5. The highest BCUT2D eigenvalue weighted by Crippen LogP contribution is 2.50. The molecule has 1 saturated heterocycles. The fourth-order valence-electron chi connectivity index (χ4n) is 7.95. The van der Waals surface area contributed by atoms with Crippen LogP contribution in [0.2, 0.25) is 0 Å². The van der Waals surface area contributed by atoms with Crippen LogP contribution in [0.3, 0.4) is 0 Å². The van der Waals surface area contributed by atoms with Crippen LogP contribution in [0, 0.1) is 24.7 Å². The number of halogens is 1. The number of hydrogen-bond acceptors (Lipinski definition) is 13. The van der Waals surface area contributed by atoms with Crippen LogP contribution in [0.4, 0.5) is 5.69 Å². The summed E-state index contributed by atoms with van der Waals surface area (Å²) in [5, 5.41) is 25.5. The number of hydrogen-bond donors (Lipinski definition) is 3. The Morgan fingerprint density at radius 2 is 1.79 bits per heavy atom. The number of amides is 1. The Morgan fingerprint density at radius 1 is 1.05 bits per heavy atom. The third kappa shape index (κ3) is 6.79. The van der Waals surface area contributed by atoms with Crippen molar-refractivity contribution in [1.29, 1.82) is 0 Å². The number of nitrogens with one attached hydrogen (secondary N) is 1. The largest absolute Gasteiger partial charge is 0.507 e. The zero-order valence-corrected chi connectivity index (χ0v) is 34.1. The van der Waals surface area contributed by atoms with Crippen molar-refractivity contribution in [2.75, 3.05) is 12.4 Å². The summed E-state index contributed by atoms with van der Waals surface area (Å²) in [6.07, 6.45) is 3.66. The molecule has 5 heterocycles. The van der Waals surface area contributed by atoms with E-state index >= 15 is 0 Å². The lowest BCUT2D eigenvalue weighted by Gasteiger charge is -2.33. The molecule has 6 aliphatic rings. The lowest BCUT2D eigenvalue weighted by molar-refractivity contribution is -0.168. The van der Waals surface area contributed by atoms with Gasteiger partial charge in [-0.05, 0) is 38.1 Å². The van der Waals surface area contributed by atoms with Crippen molar-refractivity contribution in [3.63, 3.8) is 0 Å². The Morgan fingerprint density at radius 3 is 2.49 bits per heavy atom. The highest BCUT2D eigenvalue weighted by atomic mass is 79.9. The molecule has 57 heavy (non-hydrogen) atoms. The van der Waals surface area contributed by atoms with E-state index in [1.807, 2.05) is 19.9 Å². The first-order valence-corrected chi connectivity index (χ1v) is 19.3. The van der Waals surface area contributed by atoms with E-state index in [1.165, 1.54) is 40.2 Å². The predicted molar refractivity (Wildman–Crippen MR) is 212 cm³/mol. The standard InChI is InChI=1S/C42H43BrN2O12/c1-17-10-9-11-18(2)41(51)45-31-34(49)28-27(30-38(31)55-26-16-23(43)12-13-24(26)44-30)29-36(20(4)32(28)47)57-42(7,40(29)50)53-15-14-25(52-8)19(3)37(54-22(6)46)39-33(48)21(5)35(17)56-39/h9-17,19,21,25,33,35,37,39,47-48H,1-8H3,(H,45,51)/b10-9+,15-14+,18-11-/t17-,19+,21-,25-,33+,35-,37+,39+,42-/m0/s1. The summed E-state index contributed by atoms with van der Waals surface area (Å²) < 4.78 is 37.2. The fraction of sp³-hybridized carbons (Fsp3) is 0.405. The maximum absolute atomic E-state index is 14.5. The maximum atomic E-state index is 14.5. The van der Waals surface area contributed by atoms with Gasteiger partial charge in [-0.2, -0.15) is 0 Å². The molecule has 0 radical (unpaired) electrons. The van der Waals surface area contributed by atoms with E-state index in [4.69, 9.17) is 33.1 Å².